The monoisotopic (exact) mass is 290 g/mol. The average molecular weight is 290 g/mol. The third-order valence-corrected chi connectivity index (χ3v) is 3.99. The van der Waals surface area contributed by atoms with Crippen LogP contribution in [0.2, 0.25) is 0 Å². The Morgan fingerprint density at radius 2 is 1.81 bits per heavy atom. The van der Waals surface area contributed by atoms with Crippen LogP contribution in [0.1, 0.15) is 58.9 Å². The Bertz CT molecular complexity index is 425. The van der Waals surface area contributed by atoms with Gasteiger partial charge in [0.15, 0.2) is 0 Å². The van der Waals surface area contributed by atoms with Crippen LogP contribution in [0.3, 0.4) is 0 Å². The molecule has 0 aliphatic carbocycles. The predicted molar refractivity (Wildman–Crippen MR) is 89.8 cm³/mol. The molecule has 0 spiro atoms. The molecule has 0 aromatic heterocycles. The maximum Gasteiger partial charge on any atom is 0.226 e. The van der Waals surface area contributed by atoms with Crippen molar-refractivity contribution in [2.24, 2.45) is 5.92 Å². The maximum absolute atomic E-state index is 12.8. The van der Waals surface area contributed by atoms with Gasteiger partial charge in [-0.15, -0.1) is 0 Å². The standard InChI is InChI=1S/C18H30N2O/c1-5-7-8-16(6-2)18(21)20(14(3)4)13-15-9-11-17(19)12-10-15/h9-12,14,16H,5-8,13,19H2,1-4H3. The van der Waals surface area contributed by atoms with Gasteiger partial charge in [0.05, 0.1) is 0 Å². The number of anilines is 1. The second-order valence-electron chi connectivity index (χ2n) is 6.05. The summed E-state index contributed by atoms with van der Waals surface area (Å²) >= 11 is 0. The molecular formula is C18H30N2O. The number of hydrogen-bond acceptors (Lipinski definition) is 2. The summed E-state index contributed by atoms with van der Waals surface area (Å²) in [5, 5.41) is 0. The van der Waals surface area contributed by atoms with Gasteiger partial charge in [0.25, 0.3) is 0 Å². The molecule has 0 bridgehead atoms. The zero-order valence-electron chi connectivity index (χ0n) is 13.9. The summed E-state index contributed by atoms with van der Waals surface area (Å²) in [5.74, 6) is 0.443. The fraction of sp³-hybridized carbons (Fsp3) is 0.611. The first kappa shape index (κ1) is 17.5. The molecule has 1 aromatic rings. The zero-order valence-corrected chi connectivity index (χ0v) is 13.9. The normalized spacial score (nSPS) is 12.4. The molecule has 1 rings (SSSR count). The van der Waals surface area contributed by atoms with Crippen LogP contribution < -0.4 is 5.73 Å². The van der Waals surface area contributed by atoms with Crippen molar-refractivity contribution in [3.05, 3.63) is 29.8 Å². The summed E-state index contributed by atoms with van der Waals surface area (Å²) < 4.78 is 0. The molecule has 0 fully saturated rings. The molecule has 0 heterocycles. The summed E-state index contributed by atoms with van der Waals surface area (Å²) in [6, 6.07) is 8.01. The highest BCUT2D eigenvalue weighted by atomic mass is 16.2. The molecule has 0 aliphatic rings. The van der Waals surface area contributed by atoms with Crippen LogP contribution in [0, 0.1) is 5.92 Å². The topological polar surface area (TPSA) is 46.3 Å². The number of amides is 1. The van der Waals surface area contributed by atoms with E-state index in [0.29, 0.717) is 6.54 Å². The van der Waals surface area contributed by atoms with Crippen molar-refractivity contribution in [2.45, 2.75) is 66.0 Å². The molecule has 0 saturated heterocycles. The summed E-state index contributed by atoms with van der Waals surface area (Å²) in [6.07, 6.45) is 4.18. The maximum atomic E-state index is 12.8. The number of hydrogen-bond donors (Lipinski definition) is 1. The number of carbonyl (C=O) groups excluding carboxylic acids is 1. The number of benzene rings is 1. The van der Waals surface area contributed by atoms with Crippen molar-refractivity contribution in [2.75, 3.05) is 5.73 Å². The van der Waals surface area contributed by atoms with Crippen molar-refractivity contribution in [3.8, 4) is 0 Å². The summed E-state index contributed by atoms with van der Waals surface area (Å²) in [7, 11) is 0. The molecule has 2 N–H and O–H groups in total. The van der Waals surface area contributed by atoms with Gasteiger partial charge >= 0.3 is 0 Å². The Morgan fingerprint density at radius 3 is 2.29 bits per heavy atom. The first-order valence-electron chi connectivity index (χ1n) is 8.14. The number of nitrogens with two attached hydrogens (primary N) is 1. The smallest absolute Gasteiger partial charge is 0.226 e. The van der Waals surface area contributed by atoms with Crippen LogP contribution in [-0.2, 0) is 11.3 Å². The van der Waals surface area contributed by atoms with Crippen LogP contribution in [0.25, 0.3) is 0 Å². The van der Waals surface area contributed by atoms with Gasteiger partial charge in [0.2, 0.25) is 5.91 Å². The van der Waals surface area contributed by atoms with E-state index in [-0.39, 0.29) is 17.9 Å². The van der Waals surface area contributed by atoms with Gasteiger partial charge in [0, 0.05) is 24.2 Å². The number of nitrogens with zero attached hydrogens (tertiary/aromatic N) is 1. The number of carbonyl (C=O) groups is 1. The molecule has 118 valence electrons. The lowest BCUT2D eigenvalue weighted by Crippen LogP contribution is -2.40. The second-order valence-corrected chi connectivity index (χ2v) is 6.05. The van der Waals surface area contributed by atoms with E-state index in [1.54, 1.807) is 0 Å². The molecule has 1 amide bonds. The van der Waals surface area contributed by atoms with Crippen molar-refractivity contribution in [1.82, 2.24) is 4.90 Å². The molecule has 0 aliphatic heterocycles. The third kappa shape index (κ3) is 5.41. The number of rotatable bonds is 8. The lowest BCUT2D eigenvalue weighted by Gasteiger charge is -2.30. The molecule has 3 nitrogen and oxygen atoms in total. The lowest BCUT2D eigenvalue weighted by atomic mass is 9.97. The van der Waals surface area contributed by atoms with Crippen LogP contribution in [0.4, 0.5) is 5.69 Å². The highest BCUT2D eigenvalue weighted by Gasteiger charge is 2.24. The van der Waals surface area contributed by atoms with Gasteiger partial charge in [-0.25, -0.2) is 0 Å². The zero-order chi connectivity index (χ0) is 15.8. The molecule has 1 aromatic carbocycles. The molecule has 0 saturated carbocycles. The Labute approximate surface area is 129 Å². The van der Waals surface area contributed by atoms with E-state index < -0.39 is 0 Å². The van der Waals surface area contributed by atoms with E-state index in [0.717, 1.165) is 36.9 Å². The third-order valence-electron chi connectivity index (χ3n) is 3.99. The fourth-order valence-corrected chi connectivity index (χ4v) is 2.52. The van der Waals surface area contributed by atoms with Crippen LogP contribution in [0.15, 0.2) is 24.3 Å². The summed E-state index contributed by atoms with van der Waals surface area (Å²) in [5.41, 5.74) is 7.62. The molecular weight excluding hydrogens is 260 g/mol. The highest BCUT2D eigenvalue weighted by molar-refractivity contribution is 5.79. The summed E-state index contributed by atoms with van der Waals surface area (Å²) in [4.78, 5) is 14.8. The van der Waals surface area contributed by atoms with E-state index in [9.17, 15) is 4.79 Å². The van der Waals surface area contributed by atoms with Gasteiger partial charge in [-0.2, -0.15) is 0 Å². The average Bonchev–Trinajstić information content (AvgIpc) is 2.46. The van der Waals surface area contributed by atoms with Gasteiger partial charge in [0.1, 0.15) is 0 Å². The van der Waals surface area contributed by atoms with Gasteiger partial charge < -0.3 is 10.6 Å². The quantitative estimate of drug-likeness (QED) is 0.729. The molecule has 1 atom stereocenters. The first-order chi connectivity index (χ1) is 9.99. The molecule has 1 unspecified atom stereocenters. The largest absolute Gasteiger partial charge is 0.399 e. The van der Waals surface area contributed by atoms with Gasteiger partial charge in [-0.1, -0.05) is 38.8 Å². The highest BCUT2D eigenvalue weighted by Crippen LogP contribution is 2.20. The van der Waals surface area contributed by atoms with Crippen molar-refractivity contribution < 1.29 is 4.79 Å². The summed E-state index contributed by atoms with van der Waals surface area (Å²) in [6.45, 7) is 9.12. The van der Waals surface area contributed by atoms with Crippen molar-refractivity contribution >= 4 is 11.6 Å². The molecule has 0 radical (unpaired) electrons. The van der Waals surface area contributed by atoms with E-state index in [2.05, 4.69) is 27.7 Å². The number of nitrogen functional groups attached to an aromatic ring is 1. The van der Waals surface area contributed by atoms with Gasteiger partial charge in [-0.05, 0) is 44.4 Å². The van der Waals surface area contributed by atoms with Crippen molar-refractivity contribution in [3.63, 3.8) is 0 Å². The Hall–Kier alpha value is -1.51. The van der Waals surface area contributed by atoms with E-state index in [1.807, 2.05) is 29.2 Å². The SMILES string of the molecule is CCCCC(CC)C(=O)N(Cc1ccc(N)cc1)C(C)C. The minimum Gasteiger partial charge on any atom is -0.399 e. The van der Waals surface area contributed by atoms with E-state index in [4.69, 9.17) is 5.73 Å². The lowest BCUT2D eigenvalue weighted by molar-refractivity contribution is -0.138. The number of unbranched alkanes of at least 4 members (excludes halogenated alkanes) is 1. The van der Waals surface area contributed by atoms with E-state index in [1.165, 1.54) is 0 Å². The van der Waals surface area contributed by atoms with Crippen LogP contribution in [0.5, 0.6) is 0 Å². The van der Waals surface area contributed by atoms with E-state index >= 15 is 0 Å². The minimum absolute atomic E-state index is 0.154. The Balaban J connectivity index is 2.79. The minimum atomic E-state index is 0.154. The Kier molecular flexibility index (Phi) is 7.27. The molecule has 3 heteroatoms. The van der Waals surface area contributed by atoms with Gasteiger partial charge in [-0.3, -0.25) is 4.79 Å². The molecule has 21 heavy (non-hydrogen) atoms. The fourth-order valence-electron chi connectivity index (χ4n) is 2.52. The predicted octanol–water partition coefficient (Wildman–Crippen LogP) is 4.22. The van der Waals surface area contributed by atoms with Crippen LogP contribution >= 0.6 is 0 Å². The Morgan fingerprint density at radius 1 is 1.19 bits per heavy atom. The first-order valence-corrected chi connectivity index (χ1v) is 8.14. The van der Waals surface area contributed by atoms with Crippen LogP contribution in [-0.4, -0.2) is 16.8 Å². The van der Waals surface area contributed by atoms with Crippen molar-refractivity contribution in [1.29, 1.82) is 0 Å². The second kappa shape index (κ2) is 8.71.